The molecule has 0 N–H and O–H groups in total. The van der Waals surface area contributed by atoms with Crippen LogP contribution in [0.3, 0.4) is 0 Å². The molecule has 3 heterocycles. The Balaban J connectivity index is 1.69. The Morgan fingerprint density at radius 1 is 1.16 bits per heavy atom. The van der Waals surface area contributed by atoms with Crippen LogP contribution in [0.15, 0.2) is 34.9 Å². The molecular weight excluding hydrogens is 425 g/mol. The summed E-state index contributed by atoms with van der Waals surface area (Å²) < 4.78 is 46.8. The summed E-state index contributed by atoms with van der Waals surface area (Å²) in [6.07, 6.45) is 0. The fourth-order valence-corrected chi connectivity index (χ4v) is 4.68. The first-order valence-electron chi connectivity index (χ1n) is 9.69. The fourth-order valence-electron chi connectivity index (χ4n) is 3.59. The summed E-state index contributed by atoms with van der Waals surface area (Å²) in [6, 6.07) is 7.69. The molecular formula is C20H22FN5O4S. The highest BCUT2D eigenvalue weighted by atomic mass is 32.2. The van der Waals surface area contributed by atoms with Crippen LogP contribution in [0.2, 0.25) is 0 Å². The normalized spacial score (nSPS) is 15.7. The van der Waals surface area contributed by atoms with Crippen molar-refractivity contribution in [1.82, 2.24) is 23.7 Å². The molecule has 1 aliphatic heterocycles. The van der Waals surface area contributed by atoms with Gasteiger partial charge in [-0.05, 0) is 25.1 Å². The average Bonchev–Trinajstić information content (AvgIpc) is 3.13. The van der Waals surface area contributed by atoms with Crippen molar-refractivity contribution in [3.05, 3.63) is 47.4 Å². The maximum absolute atomic E-state index is 14.3. The minimum atomic E-state index is -3.54. The van der Waals surface area contributed by atoms with Gasteiger partial charge >= 0.3 is 0 Å². The third-order valence-electron chi connectivity index (χ3n) is 5.31. The number of fused-ring (bicyclic) bond motifs is 1. The number of pyridine rings is 1. The first-order valence-corrected chi connectivity index (χ1v) is 11.1. The topological polar surface area (TPSA) is 99.9 Å². The molecule has 0 atom stereocenters. The van der Waals surface area contributed by atoms with Gasteiger partial charge in [-0.3, -0.25) is 4.79 Å². The molecule has 11 heteroatoms. The largest absolute Gasteiger partial charge is 0.336 e. The average molecular weight is 447 g/mol. The Kier molecular flexibility index (Phi) is 5.50. The Hall–Kier alpha value is -2.89. The number of benzene rings is 1. The summed E-state index contributed by atoms with van der Waals surface area (Å²) in [6.45, 7) is 2.53. The van der Waals surface area contributed by atoms with Crippen LogP contribution in [0, 0.1) is 12.7 Å². The van der Waals surface area contributed by atoms with Crippen LogP contribution in [0.5, 0.6) is 0 Å². The molecule has 164 valence electrons. The van der Waals surface area contributed by atoms with Gasteiger partial charge in [0.1, 0.15) is 5.82 Å². The second-order valence-electron chi connectivity index (χ2n) is 7.46. The number of rotatable bonds is 4. The van der Waals surface area contributed by atoms with Crippen LogP contribution < -0.4 is 0 Å². The summed E-state index contributed by atoms with van der Waals surface area (Å²) >= 11 is 0. The van der Waals surface area contributed by atoms with Gasteiger partial charge < -0.3 is 9.42 Å². The van der Waals surface area contributed by atoms with Crippen molar-refractivity contribution < 1.29 is 22.1 Å². The van der Waals surface area contributed by atoms with E-state index in [-0.39, 0.29) is 49.1 Å². The summed E-state index contributed by atoms with van der Waals surface area (Å²) in [5.41, 5.74) is 1.45. The number of amides is 1. The lowest BCUT2D eigenvalue weighted by Gasteiger charge is -2.35. The number of carbonyl (C=O) groups is 1. The van der Waals surface area contributed by atoms with E-state index in [0.29, 0.717) is 16.6 Å². The molecule has 0 bridgehead atoms. The second kappa shape index (κ2) is 7.98. The monoisotopic (exact) mass is 447 g/mol. The van der Waals surface area contributed by atoms with E-state index in [4.69, 9.17) is 4.52 Å². The molecule has 1 aromatic carbocycles. The van der Waals surface area contributed by atoms with Crippen molar-refractivity contribution in [2.45, 2.75) is 6.92 Å². The molecule has 0 spiro atoms. The number of nitrogens with zero attached hydrogens (tertiary/aromatic N) is 5. The maximum Gasteiger partial charge on any atom is 0.281 e. The smallest absolute Gasteiger partial charge is 0.281 e. The van der Waals surface area contributed by atoms with Gasteiger partial charge in [-0.15, -0.1) is 0 Å². The number of halogens is 1. The van der Waals surface area contributed by atoms with Crippen molar-refractivity contribution in [3.8, 4) is 11.3 Å². The molecule has 2 aromatic heterocycles. The Bertz CT molecular complexity index is 1250. The molecule has 1 aliphatic rings. The minimum absolute atomic E-state index is 0.149. The first-order chi connectivity index (χ1) is 14.7. The van der Waals surface area contributed by atoms with Crippen LogP contribution in [-0.4, -0.2) is 78.3 Å². The van der Waals surface area contributed by atoms with E-state index in [2.05, 4.69) is 10.1 Å². The van der Waals surface area contributed by atoms with Gasteiger partial charge in [0.15, 0.2) is 0 Å². The second-order valence-corrected chi connectivity index (χ2v) is 9.61. The summed E-state index contributed by atoms with van der Waals surface area (Å²) in [4.78, 5) is 19.3. The van der Waals surface area contributed by atoms with Crippen molar-refractivity contribution in [2.24, 2.45) is 0 Å². The van der Waals surface area contributed by atoms with Crippen LogP contribution in [0.4, 0.5) is 4.39 Å². The Labute approximate surface area is 179 Å². The first kappa shape index (κ1) is 21.3. The summed E-state index contributed by atoms with van der Waals surface area (Å²) in [5.74, 6) is -0.773. The van der Waals surface area contributed by atoms with E-state index in [1.807, 2.05) is 0 Å². The molecule has 1 saturated heterocycles. The van der Waals surface area contributed by atoms with Crippen LogP contribution in [0.25, 0.3) is 22.4 Å². The number of hydrogen-bond donors (Lipinski definition) is 0. The number of aryl methyl sites for hydroxylation is 1. The molecule has 1 amide bonds. The summed E-state index contributed by atoms with van der Waals surface area (Å²) in [7, 11) is -0.598. The van der Waals surface area contributed by atoms with Crippen LogP contribution >= 0.6 is 0 Å². The molecule has 1 fully saturated rings. The van der Waals surface area contributed by atoms with E-state index in [9.17, 15) is 17.6 Å². The Morgan fingerprint density at radius 2 is 1.84 bits per heavy atom. The molecule has 4 rings (SSSR count). The van der Waals surface area contributed by atoms with Gasteiger partial charge in [-0.2, -0.15) is 17.0 Å². The lowest BCUT2D eigenvalue weighted by molar-refractivity contribution is 0.0697. The standard InChI is InChI=1S/C20H22FN5O4S/c1-13-18-15(20(27)25-8-10-26(11-9-25)31(28,29)24(2)3)12-17(22-19(18)30-23-13)14-6-4-5-7-16(14)21/h4-7,12H,8-11H2,1-3H3. The minimum Gasteiger partial charge on any atom is -0.336 e. The Morgan fingerprint density at radius 3 is 2.48 bits per heavy atom. The van der Waals surface area contributed by atoms with E-state index < -0.39 is 16.0 Å². The zero-order valence-corrected chi connectivity index (χ0v) is 18.2. The van der Waals surface area contributed by atoms with Gasteiger partial charge in [0.05, 0.1) is 22.3 Å². The van der Waals surface area contributed by atoms with E-state index in [1.54, 1.807) is 30.0 Å². The highest BCUT2D eigenvalue weighted by Crippen LogP contribution is 2.29. The van der Waals surface area contributed by atoms with Gasteiger partial charge in [0.2, 0.25) is 0 Å². The van der Waals surface area contributed by atoms with Crippen LogP contribution in [0.1, 0.15) is 16.1 Å². The van der Waals surface area contributed by atoms with Gasteiger partial charge in [-0.1, -0.05) is 17.3 Å². The molecule has 0 saturated carbocycles. The highest BCUT2D eigenvalue weighted by molar-refractivity contribution is 7.86. The maximum atomic E-state index is 14.3. The van der Waals surface area contributed by atoms with Crippen molar-refractivity contribution in [2.75, 3.05) is 40.3 Å². The van der Waals surface area contributed by atoms with Gasteiger partial charge in [0, 0.05) is 45.8 Å². The predicted octanol–water partition coefficient (Wildman–Crippen LogP) is 1.90. The van der Waals surface area contributed by atoms with Gasteiger partial charge in [-0.25, -0.2) is 9.37 Å². The van der Waals surface area contributed by atoms with Gasteiger partial charge in [0.25, 0.3) is 21.8 Å². The van der Waals surface area contributed by atoms with E-state index >= 15 is 0 Å². The third kappa shape index (κ3) is 3.80. The third-order valence-corrected chi connectivity index (χ3v) is 7.25. The van der Waals surface area contributed by atoms with E-state index in [0.717, 1.165) is 4.31 Å². The van der Waals surface area contributed by atoms with Crippen LogP contribution in [-0.2, 0) is 10.2 Å². The lowest BCUT2D eigenvalue weighted by Crippen LogP contribution is -2.53. The van der Waals surface area contributed by atoms with Crippen molar-refractivity contribution in [1.29, 1.82) is 0 Å². The lowest BCUT2D eigenvalue weighted by atomic mass is 10.0. The fraction of sp³-hybridized carbons (Fsp3) is 0.350. The predicted molar refractivity (Wildman–Crippen MR) is 112 cm³/mol. The highest BCUT2D eigenvalue weighted by Gasteiger charge is 2.32. The van der Waals surface area contributed by atoms with Crippen molar-refractivity contribution in [3.63, 3.8) is 0 Å². The summed E-state index contributed by atoms with van der Waals surface area (Å²) in [5, 5.41) is 4.38. The zero-order chi connectivity index (χ0) is 22.3. The number of piperazine rings is 1. The number of carbonyl (C=O) groups excluding carboxylic acids is 1. The molecule has 9 nitrogen and oxygen atoms in total. The number of aromatic nitrogens is 2. The zero-order valence-electron chi connectivity index (χ0n) is 17.4. The molecule has 0 aliphatic carbocycles. The molecule has 0 unspecified atom stereocenters. The molecule has 31 heavy (non-hydrogen) atoms. The van der Waals surface area contributed by atoms with E-state index in [1.165, 1.54) is 30.5 Å². The molecule has 3 aromatic rings. The SMILES string of the molecule is Cc1noc2nc(-c3ccccc3F)cc(C(=O)N3CCN(S(=O)(=O)N(C)C)CC3)c12. The van der Waals surface area contributed by atoms with Crippen molar-refractivity contribution >= 4 is 27.2 Å². The molecule has 0 radical (unpaired) electrons. The number of hydrogen-bond acceptors (Lipinski definition) is 6. The quantitative estimate of drug-likeness (QED) is 0.606.